The van der Waals surface area contributed by atoms with Crippen LogP contribution in [0, 0.1) is 0 Å². The topological polar surface area (TPSA) is 200 Å². The summed E-state index contributed by atoms with van der Waals surface area (Å²) in [5.74, 6) is -0.409. The van der Waals surface area contributed by atoms with E-state index in [-0.39, 0.29) is 59.8 Å². The van der Waals surface area contributed by atoms with Crippen molar-refractivity contribution in [2.75, 3.05) is 95.6 Å². The Balaban J connectivity index is 1.07. The fraction of sp³-hybridized carbons (Fsp3) is 0.491. The van der Waals surface area contributed by atoms with Crippen molar-refractivity contribution in [3.05, 3.63) is 109 Å². The highest BCUT2D eigenvalue weighted by molar-refractivity contribution is 6.16. The summed E-state index contributed by atoms with van der Waals surface area (Å²) >= 11 is 0. The molecule has 8 rings (SSSR count). The molecule has 0 atom stereocenters. The van der Waals surface area contributed by atoms with Gasteiger partial charge in [0, 0.05) is 82.7 Å². The first-order chi connectivity index (χ1) is 34.9. The normalized spacial score (nSPS) is 13.2. The number of unbranched alkanes of at least 4 members (excludes halogenated alkanes) is 4. The van der Waals surface area contributed by atoms with Crippen LogP contribution in [0.4, 0.5) is 0 Å². The number of benzene rings is 4. The largest absolute Gasteiger partial charge is 0.494 e. The van der Waals surface area contributed by atoms with Crippen LogP contribution in [0.25, 0.3) is 65.3 Å². The van der Waals surface area contributed by atoms with E-state index >= 15 is 0 Å². The molecule has 0 spiro atoms. The third-order valence-corrected chi connectivity index (χ3v) is 14.2. The van der Waals surface area contributed by atoms with Gasteiger partial charge in [0.15, 0.2) is 0 Å². The Morgan fingerprint density at radius 1 is 0.384 bits per heavy atom. The molecule has 2 aliphatic carbocycles. The van der Waals surface area contributed by atoms with E-state index in [1.54, 1.807) is 36.4 Å². The summed E-state index contributed by atoms with van der Waals surface area (Å²) in [6.07, 6.45) is 6.22. The number of hydrogen-bond donors (Lipinski definition) is 2. The molecule has 0 bridgehead atoms. The number of nitrogens with zero attached hydrogens (tertiary/aromatic N) is 10. The maximum Gasteiger partial charge on any atom is 0.263 e. The van der Waals surface area contributed by atoms with Crippen LogP contribution < -0.4 is 44.1 Å². The van der Waals surface area contributed by atoms with E-state index in [4.69, 9.17) is 9.98 Å². The summed E-state index contributed by atoms with van der Waals surface area (Å²) in [5, 5.41) is 26.6. The highest BCUT2D eigenvalue weighted by Crippen LogP contribution is 2.38. The van der Waals surface area contributed by atoms with Gasteiger partial charge >= 0.3 is 0 Å². The quantitative estimate of drug-likeness (QED) is 0.0663. The Kier molecular flexibility index (Phi) is 16.1. The molecular weight excluding hydrogens is 929 g/mol. The molecule has 18 nitrogen and oxygen atoms in total. The van der Waals surface area contributed by atoms with Crippen molar-refractivity contribution in [1.82, 2.24) is 37.9 Å². The predicted octanol–water partition coefficient (Wildman–Crippen LogP) is 3.30. The van der Waals surface area contributed by atoms with Crippen molar-refractivity contribution in [2.24, 2.45) is 9.98 Å². The first kappa shape index (κ1) is 52.7. The Labute approximate surface area is 422 Å². The predicted molar refractivity (Wildman–Crippen MR) is 290 cm³/mol. The third kappa shape index (κ3) is 10.3. The average molecular weight is 999 g/mol. The zero-order chi connectivity index (χ0) is 52.4. The lowest BCUT2D eigenvalue weighted by Gasteiger charge is -2.20. The summed E-state index contributed by atoms with van der Waals surface area (Å²) in [5.41, 5.74) is -1.27. The summed E-state index contributed by atoms with van der Waals surface area (Å²) < 4.78 is 5.28. The van der Waals surface area contributed by atoms with Gasteiger partial charge in [-0.25, -0.2) is 0 Å². The van der Waals surface area contributed by atoms with Crippen LogP contribution in [-0.2, 0) is 26.2 Å². The van der Waals surface area contributed by atoms with Gasteiger partial charge in [0.1, 0.15) is 0 Å². The van der Waals surface area contributed by atoms with Gasteiger partial charge in [-0.2, -0.15) is 0 Å². The molecule has 0 radical (unpaired) electrons. The van der Waals surface area contributed by atoms with E-state index < -0.39 is 33.4 Å². The highest BCUT2D eigenvalue weighted by Gasteiger charge is 2.29. The minimum atomic E-state index is -0.447. The molecule has 2 aromatic heterocycles. The summed E-state index contributed by atoms with van der Waals surface area (Å²) in [6.45, 7) is 4.51. The van der Waals surface area contributed by atoms with Gasteiger partial charge in [-0.05, 0) is 157 Å². The van der Waals surface area contributed by atoms with E-state index in [9.17, 15) is 39.0 Å². The average Bonchev–Trinajstić information content (AvgIpc) is 3.34. The lowest BCUT2D eigenvalue weighted by molar-refractivity contribution is 0.365. The lowest BCUT2D eigenvalue weighted by atomic mass is 9.90. The van der Waals surface area contributed by atoms with Crippen molar-refractivity contribution in [3.63, 3.8) is 0 Å². The zero-order valence-corrected chi connectivity index (χ0v) is 43.7. The fourth-order valence-electron chi connectivity index (χ4n) is 10.5. The van der Waals surface area contributed by atoms with Gasteiger partial charge in [0.05, 0.1) is 32.6 Å². The Bertz CT molecular complexity index is 3460. The zero-order valence-electron chi connectivity index (χ0n) is 43.7. The summed E-state index contributed by atoms with van der Waals surface area (Å²) in [4.78, 5) is 103. The molecule has 0 saturated carbocycles. The van der Waals surface area contributed by atoms with Gasteiger partial charge in [-0.3, -0.25) is 57.0 Å². The first-order valence-electron chi connectivity index (χ1n) is 25.6. The molecule has 2 N–H and O–H groups in total. The van der Waals surface area contributed by atoms with Crippen LogP contribution >= 0.6 is 0 Å². The minimum Gasteiger partial charge on any atom is -0.494 e. The molecular formula is C55H70N10O8. The fourth-order valence-corrected chi connectivity index (χ4v) is 10.5. The SMILES string of the molecule is CN(C)CCCn1c(O)c2ccc3c4c2c(c(=NCCCCCCCN=c2cc5c(=O)n(CCCN(C)C)c(=O)c6ccc7c(O)n(CCCN(C)C)c(=O)c2c7c6-5)cc-4c(=O)n(CCCN(C)C)c3=O)c1=O. The van der Waals surface area contributed by atoms with E-state index in [1.807, 2.05) is 76.0 Å². The molecule has 4 heterocycles. The third-order valence-electron chi connectivity index (χ3n) is 14.2. The smallest absolute Gasteiger partial charge is 0.263 e. The second kappa shape index (κ2) is 22.3. The van der Waals surface area contributed by atoms with Crippen molar-refractivity contribution in [2.45, 2.75) is 84.0 Å². The van der Waals surface area contributed by atoms with Gasteiger partial charge in [-0.15, -0.1) is 0 Å². The minimum absolute atomic E-state index is 0.204. The van der Waals surface area contributed by atoms with E-state index in [2.05, 4.69) is 0 Å². The van der Waals surface area contributed by atoms with E-state index in [0.29, 0.717) is 132 Å². The molecule has 2 aliphatic heterocycles. The second-order valence-electron chi connectivity index (χ2n) is 20.7. The molecule has 0 saturated heterocycles. The summed E-state index contributed by atoms with van der Waals surface area (Å²) in [7, 11) is 15.5. The maximum absolute atomic E-state index is 14.4. The van der Waals surface area contributed by atoms with Crippen LogP contribution in [0.2, 0.25) is 0 Å². The van der Waals surface area contributed by atoms with Crippen LogP contribution in [-0.4, -0.2) is 144 Å². The van der Waals surface area contributed by atoms with Crippen LogP contribution in [0.15, 0.2) is 75.2 Å². The molecule has 4 aromatic rings. The molecule has 0 fully saturated rings. The molecule has 2 aromatic carbocycles. The second-order valence-corrected chi connectivity index (χ2v) is 20.7. The van der Waals surface area contributed by atoms with E-state index in [0.717, 1.165) is 19.3 Å². The molecule has 4 aliphatic rings. The van der Waals surface area contributed by atoms with Crippen LogP contribution in [0.3, 0.4) is 0 Å². The Hall–Kier alpha value is -6.60. The molecule has 388 valence electrons. The maximum atomic E-state index is 14.4. The first-order valence-corrected chi connectivity index (χ1v) is 25.6. The molecule has 73 heavy (non-hydrogen) atoms. The Morgan fingerprint density at radius 3 is 1.04 bits per heavy atom. The van der Waals surface area contributed by atoms with Crippen LogP contribution in [0.1, 0.15) is 57.8 Å². The number of rotatable bonds is 24. The standard InChI is InChI=1S/C55H70N10O8/c1-58(2)24-14-28-62-48(66)34-18-20-36-44-42(34)38(52(62)70)32-40(46(44)54(72)64(50(36)68)30-16-26-60(5)6)56-22-12-10-9-11-13-23-57-41-33-39-43-35(49(67)63(53(39)71)29-15-25-59(3)4)19-21-37-45(43)47(41)55(73)65(51(37)69)31-17-27-61(7)8/h18-21,32-33,68-69H,9-17,22-31H2,1-8H3. The summed E-state index contributed by atoms with van der Waals surface area (Å²) in [6, 6.07) is 9.92. The van der Waals surface area contributed by atoms with Crippen molar-refractivity contribution in [3.8, 4) is 34.0 Å². The molecule has 18 heteroatoms. The van der Waals surface area contributed by atoms with Crippen LogP contribution in [0.5, 0.6) is 11.8 Å². The van der Waals surface area contributed by atoms with Gasteiger partial charge in [-0.1, -0.05) is 19.3 Å². The molecule has 0 amide bonds. The van der Waals surface area contributed by atoms with Crippen molar-refractivity contribution in [1.29, 1.82) is 0 Å². The van der Waals surface area contributed by atoms with Gasteiger partial charge in [0.25, 0.3) is 33.4 Å². The van der Waals surface area contributed by atoms with E-state index in [1.165, 1.54) is 18.3 Å². The van der Waals surface area contributed by atoms with Gasteiger partial charge < -0.3 is 29.8 Å². The Morgan fingerprint density at radius 2 is 0.699 bits per heavy atom. The number of hydrogen-bond acceptors (Lipinski definition) is 14. The lowest BCUT2D eigenvalue weighted by Crippen LogP contribution is -2.37. The molecule has 0 unspecified atom stereocenters. The van der Waals surface area contributed by atoms with Gasteiger partial charge in [0.2, 0.25) is 11.8 Å². The van der Waals surface area contributed by atoms with Crippen molar-refractivity contribution < 1.29 is 10.2 Å². The number of aromatic hydroxyl groups is 2. The van der Waals surface area contributed by atoms with Crippen molar-refractivity contribution >= 4 is 43.1 Å². The number of pyridine rings is 4. The monoisotopic (exact) mass is 999 g/mol. The number of aromatic nitrogens is 4. The highest BCUT2D eigenvalue weighted by atomic mass is 16.3.